The van der Waals surface area contributed by atoms with Gasteiger partial charge in [0.15, 0.2) is 5.82 Å². The Morgan fingerprint density at radius 2 is 2.26 bits per heavy atom. The first-order valence-corrected chi connectivity index (χ1v) is 5.87. The van der Waals surface area contributed by atoms with Crippen LogP contribution in [0.25, 0.3) is 0 Å². The van der Waals surface area contributed by atoms with Crippen molar-refractivity contribution in [1.82, 2.24) is 25.0 Å². The predicted molar refractivity (Wildman–Crippen MR) is 62.1 cm³/mol. The summed E-state index contributed by atoms with van der Waals surface area (Å²) in [6.45, 7) is 1.03. The molecule has 0 aromatic carbocycles. The number of carboxylic acid groups (broad SMARTS) is 1. The van der Waals surface area contributed by atoms with Crippen molar-refractivity contribution in [2.24, 2.45) is 0 Å². The Morgan fingerprint density at radius 3 is 2.95 bits per heavy atom. The summed E-state index contributed by atoms with van der Waals surface area (Å²) in [5.74, 6) is -0.502. The maximum Gasteiger partial charge on any atom is 0.326 e. The largest absolute Gasteiger partial charge is 0.480 e. The van der Waals surface area contributed by atoms with E-state index in [1.165, 1.54) is 4.90 Å². The zero-order chi connectivity index (χ0) is 13.8. The number of aliphatic hydroxyl groups excluding tert-OH is 1. The van der Waals surface area contributed by atoms with Gasteiger partial charge in [-0.2, -0.15) is 0 Å². The Labute approximate surface area is 108 Å². The Balaban J connectivity index is 1.95. The number of fused-ring (bicyclic) bond motifs is 1. The number of hydrogen-bond acceptors (Lipinski definition) is 5. The highest BCUT2D eigenvalue weighted by molar-refractivity contribution is 5.82. The standard InChI is InChI=1S/C10H15N5O4/c16-4-1-7(9(17)18)12-10(19)14-2-3-15-6-11-13-8(15)5-14/h6-7,16H,1-5H2,(H,12,19)(H,17,18)/t7-/m0/s1. The number of aromatic nitrogens is 3. The predicted octanol–water partition coefficient (Wildman–Crippen LogP) is -1.36. The van der Waals surface area contributed by atoms with Crippen molar-refractivity contribution in [3.05, 3.63) is 12.2 Å². The highest BCUT2D eigenvalue weighted by Gasteiger charge is 2.26. The first kappa shape index (κ1) is 13.3. The Hall–Kier alpha value is -2.16. The highest BCUT2D eigenvalue weighted by Crippen LogP contribution is 2.09. The molecular formula is C10H15N5O4. The lowest BCUT2D eigenvalue weighted by Gasteiger charge is -2.28. The molecule has 1 aromatic heterocycles. The van der Waals surface area contributed by atoms with Crippen LogP contribution < -0.4 is 5.32 Å². The lowest BCUT2D eigenvalue weighted by molar-refractivity contribution is -0.139. The summed E-state index contributed by atoms with van der Waals surface area (Å²) in [6.07, 6.45) is 1.57. The van der Waals surface area contributed by atoms with Gasteiger partial charge >= 0.3 is 12.0 Å². The zero-order valence-corrected chi connectivity index (χ0v) is 10.2. The number of carbonyl (C=O) groups excluding carboxylic acids is 1. The van der Waals surface area contributed by atoms with Gasteiger partial charge in [0, 0.05) is 26.1 Å². The molecule has 1 aliphatic rings. The van der Waals surface area contributed by atoms with Crippen LogP contribution in [-0.4, -0.2) is 61.1 Å². The third-order valence-corrected chi connectivity index (χ3v) is 2.94. The molecule has 19 heavy (non-hydrogen) atoms. The van der Waals surface area contributed by atoms with E-state index in [9.17, 15) is 9.59 Å². The van der Waals surface area contributed by atoms with E-state index in [0.29, 0.717) is 18.9 Å². The third kappa shape index (κ3) is 2.99. The van der Waals surface area contributed by atoms with Gasteiger partial charge in [-0.15, -0.1) is 10.2 Å². The van der Waals surface area contributed by atoms with Crippen LogP contribution in [0.4, 0.5) is 4.79 Å². The van der Waals surface area contributed by atoms with Gasteiger partial charge in [0.05, 0.1) is 6.54 Å². The second-order valence-electron chi connectivity index (χ2n) is 4.21. The molecule has 0 spiro atoms. The molecule has 0 saturated heterocycles. The molecule has 9 heteroatoms. The molecular weight excluding hydrogens is 254 g/mol. The van der Waals surface area contributed by atoms with Crippen LogP contribution in [0.15, 0.2) is 6.33 Å². The minimum atomic E-state index is -1.16. The van der Waals surface area contributed by atoms with Crippen molar-refractivity contribution in [1.29, 1.82) is 0 Å². The van der Waals surface area contributed by atoms with Crippen LogP contribution in [0.2, 0.25) is 0 Å². The van der Waals surface area contributed by atoms with E-state index in [1.807, 2.05) is 4.57 Å². The van der Waals surface area contributed by atoms with Gasteiger partial charge in [0.2, 0.25) is 0 Å². The van der Waals surface area contributed by atoms with Crippen LogP contribution >= 0.6 is 0 Å². The minimum absolute atomic E-state index is 0.0227. The summed E-state index contributed by atoms with van der Waals surface area (Å²) < 4.78 is 1.84. The average molecular weight is 269 g/mol. The fraction of sp³-hybridized carbons (Fsp3) is 0.600. The molecule has 2 amide bonds. The number of rotatable bonds is 4. The lowest BCUT2D eigenvalue weighted by atomic mass is 10.2. The second-order valence-corrected chi connectivity index (χ2v) is 4.21. The molecule has 0 radical (unpaired) electrons. The summed E-state index contributed by atoms with van der Waals surface area (Å²) in [5.41, 5.74) is 0. The molecule has 0 saturated carbocycles. The van der Waals surface area contributed by atoms with E-state index in [-0.39, 0.29) is 19.6 Å². The summed E-state index contributed by atoms with van der Waals surface area (Å²) in [5, 5.41) is 27.7. The summed E-state index contributed by atoms with van der Waals surface area (Å²) in [7, 11) is 0. The number of urea groups is 1. The number of carboxylic acids is 1. The maximum atomic E-state index is 11.9. The van der Waals surface area contributed by atoms with Gasteiger partial charge < -0.3 is 25.0 Å². The van der Waals surface area contributed by atoms with Crippen LogP contribution in [0, 0.1) is 0 Å². The molecule has 2 heterocycles. The van der Waals surface area contributed by atoms with E-state index >= 15 is 0 Å². The average Bonchev–Trinajstić information content (AvgIpc) is 2.85. The van der Waals surface area contributed by atoms with Gasteiger partial charge in [-0.1, -0.05) is 0 Å². The fourth-order valence-corrected chi connectivity index (χ4v) is 1.87. The number of carbonyl (C=O) groups is 2. The van der Waals surface area contributed by atoms with Crippen molar-refractivity contribution in [2.75, 3.05) is 13.2 Å². The summed E-state index contributed by atoms with van der Waals surface area (Å²) in [4.78, 5) is 24.3. The van der Waals surface area contributed by atoms with Gasteiger partial charge in [-0.05, 0) is 0 Å². The van der Waals surface area contributed by atoms with Crippen molar-refractivity contribution >= 4 is 12.0 Å². The van der Waals surface area contributed by atoms with E-state index in [4.69, 9.17) is 10.2 Å². The minimum Gasteiger partial charge on any atom is -0.480 e. The smallest absolute Gasteiger partial charge is 0.326 e. The van der Waals surface area contributed by atoms with Crippen LogP contribution in [0.1, 0.15) is 12.2 Å². The molecule has 1 aliphatic heterocycles. The van der Waals surface area contributed by atoms with Crippen LogP contribution in [0.5, 0.6) is 0 Å². The van der Waals surface area contributed by atoms with Gasteiger partial charge in [0.25, 0.3) is 0 Å². The summed E-state index contributed by atoms with van der Waals surface area (Å²) in [6, 6.07) is -1.56. The monoisotopic (exact) mass is 269 g/mol. The molecule has 1 atom stereocenters. The fourth-order valence-electron chi connectivity index (χ4n) is 1.87. The molecule has 0 aliphatic carbocycles. The third-order valence-electron chi connectivity index (χ3n) is 2.94. The molecule has 2 rings (SSSR count). The topological polar surface area (TPSA) is 121 Å². The summed E-state index contributed by atoms with van der Waals surface area (Å²) >= 11 is 0. The van der Waals surface area contributed by atoms with E-state index in [1.54, 1.807) is 6.33 Å². The molecule has 3 N–H and O–H groups in total. The number of hydrogen-bond donors (Lipinski definition) is 3. The number of amides is 2. The van der Waals surface area contributed by atoms with Gasteiger partial charge in [-0.3, -0.25) is 0 Å². The van der Waals surface area contributed by atoms with Gasteiger partial charge in [-0.25, -0.2) is 9.59 Å². The Kier molecular flexibility index (Phi) is 3.95. The zero-order valence-electron chi connectivity index (χ0n) is 10.2. The van der Waals surface area contributed by atoms with E-state index < -0.39 is 18.0 Å². The van der Waals surface area contributed by atoms with Crippen molar-refractivity contribution in [3.63, 3.8) is 0 Å². The number of nitrogens with zero attached hydrogens (tertiary/aromatic N) is 4. The second kappa shape index (κ2) is 5.65. The molecule has 104 valence electrons. The van der Waals surface area contributed by atoms with Crippen LogP contribution in [-0.2, 0) is 17.9 Å². The lowest BCUT2D eigenvalue weighted by Crippen LogP contribution is -2.50. The molecule has 9 nitrogen and oxygen atoms in total. The number of aliphatic hydroxyl groups is 1. The number of aliphatic carboxylic acids is 1. The SMILES string of the molecule is O=C(O)[C@H](CCO)NC(=O)N1CCn2cnnc2C1. The van der Waals surface area contributed by atoms with Gasteiger partial charge in [0.1, 0.15) is 12.4 Å². The maximum absolute atomic E-state index is 11.9. The normalized spacial score (nSPS) is 15.7. The molecule has 0 fully saturated rings. The highest BCUT2D eigenvalue weighted by atomic mass is 16.4. The molecule has 1 aromatic rings. The first-order chi connectivity index (χ1) is 9.11. The van der Waals surface area contributed by atoms with Crippen molar-refractivity contribution in [2.45, 2.75) is 25.6 Å². The van der Waals surface area contributed by atoms with Crippen molar-refractivity contribution in [3.8, 4) is 0 Å². The Morgan fingerprint density at radius 1 is 1.47 bits per heavy atom. The Bertz CT molecular complexity index is 474. The quantitative estimate of drug-likeness (QED) is 0.620. The number of nitrogens with one attached hydrogen (secondary N) is 1. The van der Waals surface area contributed by atoms with E-state index in [2.05, 4.69) is 15.5 Å². The van der Waals surface area contributed by atoms with E-state index in [0.717, 1.165) is 0 Å². The molecule has 0 unspecified atom stereocenters. The van der Waals surface area contributed by atoms with Crippen LogP contribution in [0.3, 0.4) is 0 Å². The first-order valence-electron chi connectivity index (χ1n) is 5.87. The molecule has 0 bridgehead atoms. The van der Waals surface area contributed by atoms with Crippen molar-refractivity contribution < 1.29 is 19.8 Å².